The van der Waals surface area contributed by atoms with Crippen LogP contribution in [0, 0.1) is 5.82 Å². The molecule has 1 aromatic carbocycles. The number of nitrogens with zero attached hydrogens (tertiary/aromatic N) is 3. The molecule has 118 valence electrons. The fraction of sp³-hybridized carbons (Fsp3) is 0.188. The quantitative estimate of drug-likeness (QED) is 0.764. The zero-order chi connectivity index (χ0) is 16.2. The number of pyridine rings is 1. The maximum atomic E-state index is 13.1. The molecule has 7 heteroatoms. The van der Waals surface area contributed by atoms with Gasteiger partial charge in [-0.15, -0.1) is 5.10 Å². The molecule has 0 saturated carbocycles. The second-order valence-corrected chi connectivity index (χ2v) is 5.10. The van der Waals surface area contributed by atoms with Gasteiger partial charge in [-0.1, -0.05) is 18.2 Å². The maximum Gasteiger partial charge on any atom is 0.350 e. The molecule has 2 aromatic heterocycles. The third-order valence-electron chi connectivity index (χ3n) is 3.41. The van der Waals surface area contributed by atoms with Gasteiger partial charge in [0.05, 0.1) is 0 Å². The Morgan fingerprint density at radius 2 is 2.09 bits per heavy atom. The minimum atomic E-state index is -0.360. The Morgan fingerprint density at radius 3 is 2.87 bits per heavy atom. The number of rotatable bonds is 5. The van der Waals surface area contributed by atoms with Crippen LogP contribution in [0.25, 0.3) is 5.65 Å². The molecule has 0 saturated heterocycles. The van der Waals surface area contributed by atoms with Crippen LogP contribution in [0.4, 0.5) is 4.39 Å². The van der Waals surface area contributed by atoms with E-state index in [0.29, 0.717) is 18.6 Å². The van der Waals surface area contributed by atoms with Gasteiger partial charge >= 0.3 is 5.69 Å². The van der Waals surface area contributed by atoms with E-state index in [4.69, 9.17) is 0 Å². The van der Waals surface area contributed by atoms with Crippen molar-refractivity contribution in [3.05, 3.63) is 70.5 Å². The number of amides is 1. The van der Waals surface area contributed by atoms with Crippen LogP contribution >= 0.6 is 0 Å². The second-order valence-electron chi connectivity index (χ2n) is 5.10. The zero-order valence-electron chi connectivity index (χ0n) is 12.3. The topological polar surface area (TPSA) is 68.4 Å². The van der Waals surface area contributed by atoms with E-state index in [0.717, 1.165) is 10.2 Å². The average Bonchev–Trinajstić information content (AvgIpc) is 2.84. The number of carbonyl (C=O) groups excluding carboxylic acids is 1. The molecule has 1 amide bonds. The summed E-state index contributed by atoms with van der Waals surface area (Å²) in [4.78, 5) is 23.9. The molecule has 0 bridgehead atoms. The summed E-state index contributed by atoms with van der Waals surface area (Å²) in [6.45, 7) is 0.216. The number of hydrogen-bond donors (Lipinski definition) is 1. The molecule has 3 rings (SSSR count). The number of aromatic nitrogens is 3. The van der Waals surface area contributed by atoms with Crippen molar-refractivity contribution >= 4 is 11.6 Å². The van der Waals surface area contributed by atoms with Gasteiger partial charge in [0.2, 0.25) is 5.91 Å². The normalized spacial score (nSPS) is 10.8. The predicted molar refractivity (Wildman–Crippen MR) is 82.6 cm³/mol. The standard InChI is InChI=1S/C16H15FN4O2/c17-13-5-3-4-12(10-13)7-8-18-15(22)11-21-16(23)20-9-2-1-6-14(20)19-21/h1-6,9-10H,7-8,11H2,(H,18,22). The fourth-order valence-electron chi connectivity index (χ4n) is 2.30. The lowest BCUT2D eigenvalue weighted by atomic mass is 10.1. The molecule has 3 aromatic rings. The van der Waals surface area contributed by atoms with Gasteiger partial charge in [-0.2, -0.15) is 0 Å². The molecule has 0 unspecified atom stereocenters. The van der Waals surface area contributed by atoms with Crippen LogP contribution in [-0.2, 0) is 17.8 Å². The van der Waals surface area contributed by atoms with Gasteiger partial charge in [0.1, 0.15) is 12.4 Å². The van der Waals surface area contributed by atoms with E-state index in [2.05, 4.69) is 10.4 Å². The molecular weight excluding hydrogens is 299 g/mol. The Bertz CT molecular complexity index is 900. The van der Waals surface area contributed by atoms with Gasteiger partial charge in [0.25, 0.3) is 0 Å². The Hall–Kier alpha value is -2.96. The minimum absolute atomic E-state index is 0.149. The Balaban J connectivity index is 1.58. The van der Waals surface area contributed by atoms with Crippen LogP contribution in [-0.4, -0.2) is 26.6 Å². The lowest BCUT2D eigenvalue weighted by Crippen LogP contribution is -2.33. The van der Waals surface area contributed by atoms with E-state index in [-0.39, 0.29) is 24.0 Å². The minimum Gasteiger partial charge on any atom is -0.354 e. The van der Waals surface area contributed by atoms with Crippen LogP contribution in [0.3, 0.4) is 0 Å². The third-order valence-corrected chi connectivity index (χ3v) is 3.41. The van der Waals surface area contributed by atoms with Crippen LogP contribution in [0.5, 0.6) is 0 Å². The summed E-state index contributed by atoms with van der Waals surface area (Å²) in [6.07, 6.45) is 2.12. The summed E-state index contributed by atoms with van der Waals surface area (Å²) >= 11 is 0. The van der Waals surface area contributed by atoms with E-state index in [1.165, 1.54) is 16.5 Å². The molecule has 0 aliphatic rings. The van der Waals surface area contributed by atoms with Gasteiger partial charge in [0.15, 0.2) is 5.65 Å². The lowest BCUT2D eigenvalue weighted by Gasteiger charge is -2.05. The predicted octanol–water partition coefficient (Wildman–Crippen LogP) is 0.994. The molecule has 23 heavy (non-hydrogen) atoms. The number of nitrogens with one attached hydrogen (secondary N) is 1. The van der Waals surface area contributed by atoms with Crippen molar-refractivity contribution in [3.63, 3.8) is 0 Å². The van der Waals surface area contributed by atoms with Crippen LogP contribution in [0.15, 0.2) is 53.5 Å². The average molecular weight is 314 g/mol. The monoisotopic (exact) mass is 314 g/mol. The Kier molecular flexibility index (Phi) is 4.18. The number of halogens is 1. The molecule has 0 atom stereocenters. The largest absolute Gasteiger partial charge is 0.354 e. The van der Waals surface area contributed by atoms with Crippen molar-refractivity contribution < 1.29 is 9.18 Å². The first-order chi connectivity index (χ1) is 11.1. The molecule has 0 spiro atoms. The molecule has 2 heterocycles. The first-order valence-corrected chi connectivity index (χ1v) is 7.19. The van der Waals surface area contributed by atoms with E-state index in [1.54, 1.807) is 36.5 Å². The van der Waals surface area contributed by atoms with Gasteiger partial charge < -0.3 is 5.32 Å². The summed E-state index contributed by atoms with van der Waals surface area (Å²) in [7, 11) is 0. The van der Waals surface area contributed by atoms with Crippen LogP contribution in [0.1, 0.15) is 5.56 Å². The fourth-order valence-corrected chi connectivity index (χ4v) is 2.30. The lowest BCUT2D eigenvalue weighted by molar-refractivity contribution is -0.121. The van der Waals surface area contributed by atoms with Gasteiger partial charge in [-0.3, -0.25) is 9.20 Å². The van der Waals surface area contributed by atoms with Gasteiger partial charge in [-0.25, -0.2) is 13.9 Å². The number of benzene rings is 1. The first kappa shape index (κ1) is 15.0. The van der Waals surface area contributed by atoms with E-state index >= 15 is 0 Å². The van der Waals surface area contributed by atoms with E-state index in [1.807, 2.05) is 0 Å². The van der Waals surface area contributed by atoms with Crippen molar-refractivity contribution in [2.24, 2.45) is 0 Å². The van der Waals surface area contributed by atoms with E-state index < -0.39 is 0 Å². The third kappa shape index (κ3) is 3.45. The highest BCUT2D eigenvalue weighted by Crippen LogP contribution is 2.03. The first-order valence-electron chi connectivity index (χ1n) is 7.19. The number of carbonyl (C=O) groups is 1. The molecule has 0 aliphatic carbocycles. The van der Waals surface area contributed by atoms with Crippen molar-refractivity contribution in [2.45, 2.75) is 13.0 Å². The Labute approximate surface area is 131 Å². The SMILES string of the molecule is O=C(Cn1nc2ccccn2c1=O)NCCc1cccc(F)c1. The van der Waals surface area contributed by atoms with Gasteiger partial charge in [-0.05, 0) is 36.2 Å². The van der Waals surface area contributed by atoms with Crippen molar-refractivity contribution in [1.82, 2.24) is 19.5 Å². The maximum absolute atomic E-state index is 13.1. The second kappa shape index (κ2) is 6.43. The van der Waals surface area contributed by atoms with Crippen molar-refractivity contribution in [2.75, 3.05) is 6.54 Å². The molecule has 1 N–H and O–H groups in total. The van der Waals surface area contributed by atoms with Crippen LogP contribution in [0.2, 0.25) is 0 Å². The molecule has 0 fully saturated rings. The molecule has 0 radical (unpaired) electrons. The Morgan fingerprint density at radius 1 is 1.22 bits per heavy atom. The van der Waals surface area contributed by atoms with Gasteiger partial charge in [0, 0.05) is 12.7 Å². The number of fused-ring (bicyclic) bond motifs is 1. The highest BCUT2D eigenvalue weighted by Gasteiger charge is 2.09. The highest BCUT2D eigenvalue weighted by atomic mass is 19.1. The van der Waals surface area contributed by atoms with Crippen molar-refractivity contribution in [1.29, 1.82) is 0 Å². The zero-order valence-corrected chi connectivity index (χ0v) is 12.3. The van der Waals surface area contributed by atoms with Crippen LogP contribution < -0.4 is 11.0 Å². The smallest absolute Gasteiger partial charge is 0.350 e. The molecular formula is C16H15FN4O2. The van der Waals surface area contributed by atoms with E-state index in [9.17, 15) is 14.0 Å². The number of hydrogen-bond acceptors (Lipinski definition) is 3. The summed E-state index contributed by atoms with van der Waals surface area (Å²) in [5.41, 5.74) is 0.932. The van der Waals surface area contributed by atoms with Crippen molar-refractivity contribution in [3.8, 4) is 0 Å². The summed E-state index contributed by atoms with van der Waals surface area (Å²) in [5, 5.41) is 6.79. The highest BCUT2D eigenvalue weighted by molar-refractivity contribution is 5.75. The summed E-state index contributed by atoms with van der Waals surface area (Å²) in [6, 6.07) is 11.4. The molecule has 6 nitrogen and oxygen atoms in total. The summed E-state index contributed by atoms with van der Waals surface area (Å²) in [5.74, 6) is -0.614. The molecule has 0 aliphatic heterocycles. The summed E-state index contributed by atoms with van der Waals surface area (Å²) < 4.78 is 15.5.